The Morgan fingerprint density at radius 2 is 2.06 bits per heavy atom. The van der Waals surface area contributed by atoms with Crippen LogP contribution in [0.3, 0.4) is 0 Å². The fraction of sp³-hybridized carbons (Fsp3) is 0.333. The molecule has 6 heteroatoms. The van der Waals surface area contributed by atoms with Crippen LogP contribution in [0.1, 0.15) is 15.9 Å². The molecule has 1 N–H and O–H groups in total. The molecule has 0 heterocycles. The number of methoxy groups -OCH3 is 2. The number of hydrogen-bond acceptors (Lipinski definition) is 4. The Kier molecular flexibility index (Phi) is 5.45. The Morgan fingerprint density at radius 3 is 2.61 bits per heavy atom. The summed E-state index contributed by atoms with van der Waals surface area (Å²) in [7, 11) is 2.80. The third-order valence-corrected chi connectivity index (χ3v) is 2.55. The Morgan fingerprint density at radius 1 is 1.33 bits per heavy atom. The van der Waals surface area contributed by atoms with Gasteiger partial charge in [0.2, 0.25) is 5.91 Å². The van der Waals surface area contributed by atoms with E-state index in [1.807, 2.05) is 0 Å². The number of nitrogens with one attached hydrogen (secondary N) is 1. The van der Waals surface area contributed by atoms with Crippen LogP contribution in [-0.2, 0) is 16.1 Å². The Bertz CT molecular complexity index is 448. The molecule has 0 unspecified atom stereocenters. The molecule has 0 fully saturated rings. The smallest absolute Gasteiger partial charge is 0.337 e. The standard InChI is InChI=1S/C12H14ClNO4/c1-17-10-5-8(12(16)18-2)3-4-9(10)7-14-11(15)6-13/h3-5H,6-7H2,1-2H3,(H,14,15). The van der Waals surface area contributed by atoms with Gasteiger partial charge >= 0.3 is 5.97 Å². The van der Waals surface area contributed by atoms with Gasteiger partial charge in [-0.2, -0.15) is 0 Å². The largest absolute Gasteiger partial charge is 0.496 e. The summed E-state index contributed by atoms with van der Waals surface area (Å²) in [4.78, 5) is 22.4. The number of amides is 1. The van der Waals surface area contributed by atoms with Gasteiger partial charge in [0.25, 0.3) is 0 Å². The monoisotopic (exact) mass is 271 g/mol. The first-order chi connectivity index (χ1) is 8.62. The van der Waals surface area contributed by atoms with Crippen LogP contribution >= 0.6 is 11.6 Å². The number of halogens is 1. The molecule has 0 aliphatic heterocycles. The molecule has 0 aliphatic carbocycles. The maximum absolute atomic E-state index is 11.3. The van der Waals surface area contributed by atoms with Gasteiger partial charge in [-0.1, -0.05) is 6.07 Å². The maximum atomic E-state index is 11.3. The summed E-state index contributed by atoms with van der Waals surface area (Å²) in [5.74, 6) is -0.295. The predicted molar refractivity (Wildman–Crippen MR) is 66.9 cm³/mol. The normalized spacial score (nSPS) is 9.72. The lowest BCUT2D eigenvalue weighted by Crippen LogP contribution is -2.24. The maximum Gasteiger partial charge on any atom is 0.337 e. The highest BCUT2D eigenvalue weighted by Gasteiger charge is 2.10. The van der Waals surface area contributed by atoms with Crippen LogP contribution in [0.15, 0.2) is 18.2 Å². The van der Waals surface area contributed by atoms with E-state index in [1.54, 1.807) is 18.2 Å². The average molecular weight is 272 g/mol. The van der Waals surface area contributed by atoms with E-state index in [2.05, 4.69) is 10.1 Å². The molecule has 18 heavy (non-hydrogen) atoms. The van der Waals surface area contributed by atoms with Crippen molar-refractivity contribution in [2.75, 3.05) is 20.1 Å². The molecule has 5 nitrogen and oxygen atoms in total. The number of hydrogen-bond donors (Lipinski definition) is 1. The van der Waals surface area contributed by atoms with Gasteiger partial charge in [0, 0.05) is 12.1 Å². The molecular formula is C12H14ClNO4. The summed E-state index contributed by atoms with van der Waals surface area (Å²) in [6.45, 7) is 0.288. The molecule has 0 bridgehead atoms. The van der Waals surface area contributed by atoms with Crippen molar-refractivity contribution in [1.82, 2.24) is 5.32 Å². The number of rotatable bonds is 5. The molecular weight excluding hydrogens is 258 g/mol. The van der Waals surface area contributed by atoms with Crippen molar-refractivity contribution in [2.45, 2.75) is 6.54 Å². The van der Waals surface area contributed by atoms with Gasteiger partial charge in [-0.25, -0.2) is 4.79 Å². The van der Waals surface area contributed by atoms with Crippen LogP contribution in [0.2, 0.25) is 0 Å². The van der Waals surface area contributed by atoms with Crippen LogP contribution < -0.4 is 10.1 Å². The topological polar surface area (TPSA) is 64.6 Å². The molecule has 0 radical (unpaired) electrons. The first-order valence-electron chi connectivity index (χ1n) is 5.20. The third-order valence-electron chi connectivity index (χ3n) is 2.31. The number of carbonyl (C=O) groups excluding carboxylic acids is 2. The molecule has 1 aromatic rings. The summed E-state index contributed by atoms with van der Waals surface area (Å²) in [5.41, 5.74) is 1.14. The molecule has 0 saturated heterocycles. The second-order valence-electron chi connectivity index (χ2n) is 3.43. The zero-order chi connectivity index (χ0) is 13.5. The predicted octanol–water partition coefficient (Wildman–Crippen LogP) is 1.34. The Labute approximate surface area is 110 Å². The first kappa shape index (κ1) is 14.3. The second kappa shape index (κ2) is 6.86. The Hall–Kier alpha value is -1.75. The van der Waals surface area contributed by atoms with Gasteiger partial charge in [-0.05, 0) is 12.1 Å². The van der Waals surface area contributed by atoms with E-state index >= 15 is 0 Å². The van der Waals surface area contributed by atoms with Gasteiger partial charge in [0.05, 0.1) is 19.8 Å². The minimum absolute atomic E-state index is 0.0947. The van der Waals surface area contributed by atoms with Crippen molar-refractivity contribution in [3.63, 3.8) is 0 Å². The number of alkyl halides is 1. The van der Waals surface area contributed by atoms with E-state index in [9.17, 15) is 9.59 Å². The SMILES string of the molecule is COC(=O)c1ccc(CNC(=O)CCl)c(OC)c1. The molecule has 0 atom stereocenters. The molecule has 0 aromatic heterocycles. The number of ether oxygens (including phenoxy) is 2. The number of esters is 1. The number of benzene rings is 1. The molecule has 0 aliphatic rings. The van der Waals surface area contributed by atoms with Crippen LogP contribution in [0.5, 0.6) is 5.75 Å². The van der Waals surface area contributed by atoms with Crippen molar-refractivity contribution in [3.8, 4) is 5.75 Å². The van der Waals surface area contributed by atoms with Crippen LogP contribution in [-0.4, -0.2) is 32.0 Å². The lowest BCUT2D eigenvalue weighted by Gasteiger charge is -2.10. The summed E-state index contributed by atoms with van der Waals surface area (Å²) in [6, 6.07) is 4.87. The van der Waals surface area contributed by atoms with Crippen molar-refractivity contribution >= 4 is 23.5 Å². The van der Waals surface area contributed by atoms with Crippen molar-refractivity contribution in [2.24, 2.45) is 0 Å². The highest BCUT2D eigenvalue weighted by molar-refractivity contribution is 6.27. The van der Waals surface area contributed by atoms with E-state index in [1.165, 1.54) is 14.2 Å². The first-order valence-corrected chi connectivity index (χ1v) is 5.73. The number of carbonyl (C=O) groups is 2. The molecule has 1 aromatic carbocycles. The van der Waals surface area contributed by atoms with Crippen LogP contribution in [0.25, 0.3) is 0 Å². The highest BCUT2D eigenvalue weighted by atomic mass is 35.5. The quantitative estimate of drug-likeness (QED) is 0.648. The molecule has 1 amide bonds. The molecule has 0 saturated carbocycles. The van der Waals surface area contributed by atoms with Gasteiger partial charge in [0.15, 0.2) is 0 Å². The summed E-state index contributed by atoms with van der Waals surface area (Å²) in [5, 5.41) is 2.62. The minimum atomic E-state index is -0.440. The summed E-state index contributed by atoms with van der Waals surface area (Å²) >= 11 is 5.37. The average Bonchev–Trinajstić information content (AvgIpc) is 2.43. The molecule has 1 rings (SSSR count). The van der Waals surface area contributed by atoms with Gasteiger partial charge < -0.3 is 14.8 Å². The van der Waals surface area contributed by atoms with Crippen molar-refractivity contribution in [1.29, 1.82) is 0 Å². The van der Waals surface area contributed by atoms with Crippen molar-refractivity contribution in [3.05, 3.63) is 29.3 Å². The molecule has 0 spiro atoms. The molecule has 98 valence electrons. The second-order valence-corrected chi connectivity index (χ2v) is 3.70. The minimum Gasteiger partial charge on any atom is -0.496 e. The van der Waals surface area contributed by atoms with E-state index < -0.39 is 5.97 Å². The fourth-order valence-electron chi connectivity index (χ4n) is 1.38. The zero-order valence-electron chi connectivity index (χ0n) is 10.2. The van der Waals surface area contributed by atoms with Gasteiger partial charge in [0.1, 0.15) is 11.6 Å². The van der Waals surface area contributed by atoms with Crippen LogP contribution in [0, 0.1) is 0 Å². The highest BCUT2D eigenvalue weighted by Crippen LogP contribution is 2.20. The summed E-state index contributed by atoms with van der Waals surface area (Å²) < 4.78 is 9.76. The zero-order valence-corrected chi connectivity index (χ0v) is 10.9. The lowest BCUT2D eigenvalue weighted by molar-refractivity contribution is -0.118. The third kappa shape index (κ3) is 3.63. The van der Waals surface area contributed by atoms with E-state index in [0.717, 1.165) is 5.56 Å². The van der Waals surface area contributed by atoms with Gasteiger partial charge in [-0.3, -0.25) is 4.79 Å². The van der Waals surface area contributed by atoms with Crippen molar-refractivity contribution < 1.29 is 19.1 Å². The van der Waals surface area contributed by atoms with E-state index in [4.69, 9.17) is 16.3 Å². The van der Waals surface area contributed by atoms with Gasteiger partial charge in [-0.15, -0.1) is 11.6 Å². The van der Waals surface area contributed by atoms with E-state index in [0.29, 0.717) is 11.3 Å². The summed E-state index contributed by atoms with van der Waals surface area (Å²) in [6.07, 6.45) is 0. The van der Waals surface area contributed by atoms with Crippen LogP contribution in [0.4, 0.5) is 0 Å². The fourth-order valence-corrected chi connectivity index (χ4v) is 1.47. The lowest BCUT2D eigenvalue weighted by atomic mass is 10.1. The Balaban J connectivity index is 2.86. The van der Waals surface area contributed by atoms with E-state index in [-0.39, 0.29) is 18.3 Å².